The number of carbonyl (C=O) groups is 1. The Kier molecular flexibility index (Phi) is 3.60. The molecule has 1 aromatic rings. The number of aliphatic carboxylic acids is 1. The average Bonchev–Trinajstić information content (AvgIpc) is 2.28. The van der Waals surface area contributed by atoms with Crippen LogP contribution in [0.1, 0.15) is 37.3 Å². The van der Waals surface area contributed by atoms with Crippen LogP contribution in [0.2, 0.25) is 0 Å². The van der Waals surface area contributed by atoms with Gasteiger partial charge >= 0.3 is 5.97 Å². The van der Waals surface area contributed by atoms with Crippen molar-refractivity contribution < 1.29 is 9.90 Å². The first-order valence-electron chi connectivity index (χ1n) is 6.65. The van der Waals surface area contributed by atoms with E-state index in [2.05, 4.69) is 37.4 Å². The van der Waals surface area contributed by atoms with Crippen molar-refractivity contribution in [2.45, 2.75) is 39.5 Å². The van der Waals surface area contributed by atoms with Gasteiger partial charge in [-0.1, -0.05) is 31.5 Å². The van der Waals surface area contributed by atoms with Gasteiger partial charge in [0.1, 0.15) is 0 Å². The molecule has 0 aromatic heterocycles. The Balaban J connectivity index is 2.13. The Morgan fingerprint density at radius 2 is 2.17 bits per heavy atom. The van der Waals surface area contributed by atoms with Gasteiger partial charge in [-0.2, -0.15) is 0 Å². The van der Waals surface area contributed by atoms with Crippen LogP contribution in [0.3, 0.4) is 0 Å². The van der Waals surface area contributed by atoms with Gasteiger partial charge in [0.15, 0.2) is 0 Å². The summed E-state index contributed by atoms with van der Waals surface area (Å²) in [6.45, 7) is 4.73. The van der Waals surface area contributed by atoms with E-state index in [-0.39, 0.29) is 0 Å². The van der Waals surface area contributed by atoms with Crippen molar-refractivity contribution in [3.8, 4) is 0 Å². The number of anilines is 1. The summed E-state index contributed by atoms with van der Waals surface area (Å²) < 4.78 is 0. The smallest absolute Gasteiger partial charge is 0.311 e. The molecule has 0 saturated heterocycles. The highest BCUT2D eigenvalue weighted by molar-refractivity contribution is 5.77. The predicted octanol–water partition coefficient (Wildman–Crippen LogP) is 3.22. The molecule has 3 heteroatoms. The number of aryl methyl sites for hydroxylation is 2. The molecule has 1 aromatic carbocycles. The van der Waals surface area contributed by atoms with E-state index in [1.807, 2.05) is 0 Å². The fourth-order valence-corrected chi connectivity index (χ4v) is 2.60. The summed E-state index contributed by atoms with van der Waals surface area (Å²) in [5.41, 5.74) is 3.03. The minimum Gasteiger partial charge on any atom is -0.481 e. The number of nitrogens with one attached hydrogen (secondary N) is 1. The number of hydrogen-bond donors (Lipinski definition) is 2. The molecule has 0 radical (unpaired) electrons. The minimum absolute atomic E-state index is 0.534. The molecule has 1 aliphatic carbocycles. The fraction of sp³-hybridized carbons (Fsp3) is 0.533. The lowest BCUT2D eigenvalue weighted by atomic mass is 9.68. The normalized spacial score (nSPS) is 17.0. The highest BCUT2D eigenvalue weighted by atomic mass is 16.4. The van der Waals surface area contributed by atoms with Crippen LogP contribution in [0.15, 0.2) is 18.2 Å². The zero-order valence-electron chi connectivity index (χ0n) is 11.1. The number of rotatable bonds is 5. The van der Waals surface area contributed by atoms with Crippen LogP contribution in [0.5, 0.6) is 0 Å². The molecule has 0 bridgehead atoms. The maximum atomic E-state index is 11.3. The second-order valence-electron chi connectivity index (χ2n) is 5.26. The standard InChI is InChI=1S/C15H21NO2/c1-3-12-7-4-6-11(2)13(12)16-10-15(14(17)18)8-5-9-15/h4,6-7,16H,3,5,8-10H2,1-2H3,(H,17,18). The van der Waals surface area contributed by atoms with E-state index in [4.69, 9.17) is 0 Å². The first kappa shape index (κ1) is 12.9. The molecule has 0 atom stereocenters. The summed E-state index contributed by atoms with van der Waals surface area (Å²) in [4.78, 5) is 11.3. The van der Waals surface area contributed by atoms with Crippen molar-refractivity contribution in [2.24, 2.45) is 5.41 Å². The van der Waals surface area contributed by atoms with E-state index in [0.717, 1.165) is 31.4 Å². The van der Waals surface area contributed by atoms with Crippen molar-refractivity contribution in [1.29, 1.82) is 0 Å². The number of para-hydroxylation sites is 1. The third-order valence-electron chi connectivity index (χ3n) is 4.11. The summed E-state index contributed by atoms with van der Waals surface area (Å²) >= 11 is 0. The molecule has 0 amide bonds. The van der Waals surface area contributed by atoms with Gasteiger partial charge in [0.25, 0.3) is 0 Å². The highest BCUT2D eigenvalue weighted by Gasteiger charge is 2.44. The molecule has 1 aliphatic rings. The molecule has 0 heterocycles. The second-order valence-corrected chi connectivity index (χ2v) is 5.26. The summed E-state index contributed by atoms with van der Waals surface area (Å²) in [5.74, 6) is -0.659. The molecule has 1 fully saturated rings. The van der Waals surface area contributed by atoms with Crippen LogP contribution >= 0.6 is 0 Å². The summed E-state index contributed by atoms with van der Waals surface area (Å²) in [6, 6.07) is 6.22. The fourth-order valence-electron chi connectivity index (χ4n) is 2.60. The van der Waals surface area contributed by atoms with Gasteiger partial charge in [0.05, 0.1) is 5.41 Å². The third kappa shape index (κ3) is 2.22. The van der Waals surface area contributed by atoms with E-state index in [0.29, 0.717) is 6.54 Å². The van der Waals surface area contributed by atoms with Gasteiger partial charge in [-0.15, -0.1) is 0 Å². The zero-order chi connectivity index (χ0) is 13.2. The molecule has 2 N–H and O–H groups in total. The lowest BCUT2D eigenvalue weighted by Gasteiger charge is -2.38. The number of carboxylic acids is 1. The topological polar surface area (TPSA) is 49.3 Å². The number of hydrogen-bond acceptors (Lipinski definition) is 2. The van der Waals surface area contributed by atoms with E-state index in [1.165, 1.54) is 11.1 Å². The van der Waals surface area contributed by atoms with Gasteiger partial charge in [-0.05, 0) is 37.3 Å². The maximum absolute atomic E-state index is 11.3. The summed E-state index contributed by atoms with van der Waals surface area (Å²) in [7, 11) is 0. The highest BCUT2D eigenvalue weighted by Crippen LogP contribution is 2.41. The van der Waals surface area contributed by atoms with Gasteiger partial charge in [-0.25, -0.2) is 0 Å². The molecule has 0 spiro atoms. The second kappa shape index (κ2) is 5.01. The van der Waals surface area contributed by atoms with Crippen LogP contribution in [0, 0.1) is 12.3 Å². The van der Waals surface area contributed by atoms with Crippen molar-refractivity contribution >= 4 is 11.7 Å². The molecular weight excluding hydrogens is 226 g/mol. The molecule has 0 unspecified atom stereocenters. The first-order valence-corrected chi connectivity index (χ1v) is 6.65. The molecular formula is C15H21NO2. The molecule has 3 nitrogen and oxygen atoms in total. The Morgan fingerprint density at radius 1 is 1.44 bits per heavy atom. The Bertz CT molecular complexity index is 450. The third-order valence-corrected chi connectivity index (χ3v) is 4.11. The van der Waals surface area contributed by atoms with Crippen molar-refractivity contribution in [3.63, 3.8) is 0 Å². The number of carboxylic acid groups (broad SMARTS) is 1. The van der Waals surface area contributed by atoms with Crippen molar-refractivity contribution in [1.82, 2.24) is 0 Å². The van der Waals surface area contributed by atoms with Gasteiger partial charge in [-0.3, -0.25) is 4.79 Å². The first-order chi connectivity index (χ1) is 8.59. The Morgan fingerprint density at radius 3 is 2.67 bits per heavy atom. The molecule has 2 rings (SSSR count). The van der Waals surface area contributed by atoms with Crippen LogP contribution in [-0.4, -0.2) is 17.6 Å². The Labute approximate surface area is 108 Å². The van der Waals surface area contributed by atoms with E-state index >= 15 is 0 Å². The lowest BCUT2D eigenvalue weighted by molar-refractivity contribution is -0.153. The van der Waals surface area contributed by atoms with Crippen LogP contribution in [-0.2, 0) is 11.2 Å². The van der Waals surface area contributed by atoms with E-state index in [9.17, 15) is 9.90 Å². The summed E-state index contributed by atoms with van der Waals surface area (Å²) in [6.07, 6.45) is 3.58. The molecule has 1 saturated carbocycles. The zero-order valence-corrected chi connectivity index (χ0v) is 11.1. The molecule has 98 valence electrons. The van der Waals surface area contributed by atoms with Crippen LogP contribution in [0.4, 0.5) is 5.69 Å². The maximum Gasteiger partial charge on any atom is 0.311 e. The average molecular weight is 247 g/mol. The van der Waals surface area contributed by atoms with Crippen molar-refractivity contribution in [3.05, 3.63) is 29.3 Å². The predicted molar refractivity (Wildman–Crippen MR) is 73.0 cm³/mol. The summed E-state index contributed by atoms with van der Waals surface area (Å²) in [5, 5.41) is 12.7. The van der Waals surface area contributed by atoms with Gasteiger partial charge in [0, 0.05) is 12.2 Å². The largest absolute Gasteiger partial charge is 0.481 e. The van der Waals surface area contributed by atoms with Gasteiger partial charge in [0.2, 0.25) is 0 Å². The monoisotopic (exact) mass is 247 g/mol. The Hall–Kier alpha value is -1.51. The molecule has 0 aliphatic heterocycles. The van der Waals surface area contributed by atoms with Crippen LogP contribution < -0.4 is 5.32 Å². The number of benzene rings is 1. The lowest BCUT2D eigenvalue weighted by Crippen LogP contribution is -2.43. The quantitative estimate of drug-likeness (QED) is 0.840. The van der Waals surface area contributed by atoms with Crippen molar-refractivity contribution in [2.75, 3.05) is 11.9 Å². The van der Waals surface area contributed by atoms with Crippen LogP contribution in [0.25, 0.3) is 0 Å². The SMILES string of the molecule is CCc1cccc(C)c1NCC1(C(=O)O)CCC1. The minimum atomic E-state index is -0.659. The molecule has 18 heavy (non-hydrogen) atoms. The van der Waals surface area contributed by atoms with E-state index in [1.54, 1.807) is 0 Å². The van der Waals surface area contributed by atoms with E-state index < -0.39 is 11.4 Å². The van der Waals surface area contributed by atoms with Gasteiger partial charge < -0.3 is 10.4 Å².